The van der Waals surface area contributed by atoms with Crippen LogP contribution in [0.5, 0.6) is 0 Å². The van der Waals surface area contributed by atoms with Crippen LogP contribution in [0.3, 0.4) is 0 Å². The number of amides is 1. The predicted molar refractivity (Wildman–Crippen MR) is 102 cm³/mol. The lowest BCUT2D eigenvalue weighted by Gasteiger charge is -2.20. The van der Waals surface area contributed by atoms with Crippen LogP contribution in [0, 0.1) is 10.8 Å². The lowest BCUT2D eigenvalue weighted by Crippen LogP contribution is -2.32. The maximum absolute atomic E-state index is 12.3. The minimum absolute atomic E-state index is 0.102. The van der Waals surface area contributed by atoms with E-state index in [1.54, 1.807) is 41.5 Å². The topological polar surface area (TPSA) is 120 Å². The number of esters is 1. The molecule has 0 aromatic carbocycles. The van der Waals surface area contributed by atoms with Crippen molar-refractivity contribution in [3.63, 3.8) is 0 Å². The van der Waals surface area contributed by atoms with Crippen LogP contribution in [-0.4, -0.2) is 45.3 Å². The van der Waals surface area contributed by atoms with Crippen molar-refractivity contribution in [1.82, 2.24) is 9.55 Å². The van der Waals surface area contributed by atoms with E-state index in [0.717, 1.165) is 0 Å². The van der Waals surface area contributed by atoms with Crippen molar-refractivity contribution in [3.8, 4) is 0 Å². The molecule has 1 aliphatic rings. The summed E-state index contributed by atoms with van der Waals surface area (Å²) in [7, 11) is 0. The largest absolute Gasteiger partial charge is 0.462 e. The van der Waals surface area contributed by atoms with Crippen molar-refractivity contribution in [2.75, 3.05) is 11.9 Å². The summed E-state index contributed by atoms with van der Waals surface area (Å²) in [5.74, 6) is -0.509. The quantitative estimate of drug-likeness (QED) is 0.741. The maximum atomic E-state index is 12.3. The summed E-state index contributed by atoms with van der Waals surface area (Å²) in [6.07, 6.45) is -0.740. The minimum atomic E-state index is -0.884. The first-order chi connectivity index (χ1) is 12.8. The fourth-order valence-corrected chi connectivity index (χ4v) is 2.42. The zero-order valence-electron chi connectivity index (χ0n) is 17.2. The van der Waals surface area contributed by atoms with Crippen LogP contribution in [0.2, 0.25) is 0 Å². The van der Waals surface area contributed by atoms with Crippen LogP contribution >= 0.6 is 0 Å². The number of nitrogens with one attached hydrogen (secondary N) is 1. The second kappa shape index (κ2) is 8.00. The number of carbonyl (C=O) groups is 2. The normalized spacial score (nSPS) is 22.8. The van der Waals surface area contributed by atoms with Crippen LogP contribution in [0.25, 0.3) is 0 Å². The molecular weight excluding hydrogens is 366 g/mol. The van der Waals surface area contributed by atoms with Gasteiger partial charge in [-0.15, -0.1) is 0 Å². The molecule has 1 fully saturated rings. The molecule has 0 aliphatic carbocycles. The molecule has 0 bridgehead atoms. The summed E-state index contributed by atoms with van der Waals surface area (Å²) in [6, 6.07) is 1.49. The first-order valence-electron chi connectivity index (χ1n) is 9.20. The molecule has 0 unspecified atom stereocenters. The molecule has 0 spiro atoms. The number of carbonyl (C=O) groups excluding carboxylic acids is 2. The van der Waals surface area contributed by atoms with Crippen molar-refractivity contribution < 1.29 is 24.2 Å². The van der Waals surface area contributed by atoms with Gasteiger partial charge in [-0.25, -0.2) is 4.79 Å². The van der Waals surface area contributed by atoms with E-state index < -0.39 is 40.9 Å². The molecule has 1 aromatic heterocycles. The Hall–Kier alpha value is -2.26. The Morgan fingerprint density at radius 2 is 1.93 bits per heavy atom. The third-order valence-corrected chi connectivity index (χ3v) is 4.26. The van der Waals surface area contributed by atoms with E-state index in [2.05, 4.69) is 10.3 Å². The number of hydrogen-bond acceptors (Lipinski definition) is 7. The molecule has 1 amide bonds. The fraction of sp³-hybridized carbons (Fsp3) is 0.684. The second-order valence-electron chi connectivity index (χ2n) is 8.99. The first-order valence-corrected chi connectivity index (χ1v) is 9.20. The standard InChI is InChI=1S/C19H29N3O6/c1-18(2,3)15(24)20-13-7-8-22(17(26)21-13)14-9-11(23)12(28-14)10-27-16(25)19(4,5)6/h7-8,11-12,14,23H,9-10H2,1-6H3,(H,20,21,24,26)/t11-,12+,14+/m0/s1. The molecule has 9 nitrogen and oxygen atoms in total. The van der Waals surface area contributed by atoms with Crippen LogP contribution < -0.4 is 11.0 Å². The van der Waals surface area contributed by atoms with E-state index in [1.807, 2.05) is 0 Å². The van der Waals surface area contributed by atoms with Gasteiger partial charge in [-0.05, 0) is 26.8 Å². The van der Waals surface area contributed by atoms with Crippen LogP contribution in [0.15, 0.2) is 17.1 Å². The molecule has 1 saturated heterocycles. The van der Waals surface area contributed by atoms with E-state index in [4.69, 9.17) is 9.47 Å². The van der Waals surface area contributed by atoms with Crippen molar-refractivity contribution in [3.05, 3.63) is 22.7 Å². The Morgan fingerprint density at radius 1 is 1.29 bits per heavy atom. The number of nitrogens with zero attached hydrogens (tertiary/aromatic N) is 2. The van der Waals surface area contributed by atoms with Gasteiger partial charge in [-0.1, -0.05) is 20.8 Å². The monoisotopic (exact) mass is 395 g/mol. The van der Waals surface area contributed by atoms with Gasteiger partial charge in [-0.2, -0.15) is 4.98 Å². The van der Waals surface area contributed by atoms with Crippen molar-refractivity contribution in [1.29, 1.82) is 0 Å². The highest BCUT2D eigenvalue weighted by molar-refractivity contribution is 5.93. The molecule has 2 heterocycles. The Labute approximate surface area is 164 Å². The average Bonchev–Trinajstić information content (AvgIpc) is 2.91. The lowest BCUT2D eigenvalue weighted by molar-refractivity contribution is -0.159. The Bertz CT molecular complexity index is 790. The van der Waals surface area contributed by atoms with E-state index in [1.165, 1.54) is 16.8 Å². The third-order valence-electron chi connectivity index (χ3n) is 4.26. The average molecular weight is 395 g/mol. The number of aliphatic hydroxyl groups excluding tert-OH is 1. The molecule has 9 heteroatoms. The van der Waals surface area contributed by atoms with Gasteiger partial charge in [-0.3, -0.25) is 14.2 Å². The predicted octanol–water partition coefficient (Wildman–Crippen LogP) is 1.47. The lowest BCUT2D eigenvalue weighted by atomic mass is 9.96. The summed E-state index contributed by atoms with van der Waals surface area (Å²) >= 11 is 0. The Morgan fingerprint density at radius 3 is 2.46 bits per heavy atom. The number of aromatic nitrogens is 2. The zero-order valence-corrected chi connectivity index (χ0v) is 17.2. The molecule has 2 N–H and O–H groups in total. The van der Waals surface area contributed by atoms with Gasteiger partial charge in [0.1, 0.15) is 24.8 Å². The minimum Gasteiger partial charge on any atom is -0.462 e. The van der Waals surface area contributed by atoms with Gasteiger partial charge >= 0.3 is 11.7 Å². The highest BCUT2D eigenvalue weighted by Crippen LogP contribution is 2.28. The van der Waals surface area contributed by atoms with Gasteiger partial charge in [0.05, 0.1) is 11.5 Å². The van der Waals surface area contributed by atoms with E-state index in [0.29, 0.717) is 0 Å². The summed E-state index contributed by atoms with van der Waals surface area (Å²) in [6.45, 7) is 10.4. The fourth-order valence-electron chi connectivity index (χ4n) is 2.42. The summed E-state index contributed by atoms with van der Waals surface area (Å²) in [5, 5.41) is 12.8. The molecule has 2 rings (SSSR count). The summed E-state index contributed by atoms with van der Waals surface area (Å²) < 4.78 is 12.1. The molecule has 3 atom stereocenters. The number of ether oxygens (including phenoxy) is 2. The van der Waals surface area contributed by atoms with Gasteiger partial charge in [0.15, 0.2) is 0 Å². The Kier molecular flexibility index (Phi) is 6.30. The highest BCUT2D eigenvalue weighted by atomic mass is 16.6. The molecule has 0 radical (unpaired) electrons. The van der Waals surface area contributed by atoms with Crippen LogP contribution in [0.1, 0.15) is 54.2 Å². The third kappa shape index (κ3) is 5.39. The molecule has 156 valence electrons. The number of hydrogen-bond donors (Lipinski definition) is 2. The second-order valence-corrected chi connectivity index (χ2v) is 8.99. The van der Waals surface area contributed by atoms with Gasteiger partial charge in [0.2, 0.25) is 5.91 Å². The van der Waals surface area contributed by atoms with Crippen LogP contribution in [0.4, 0.5) is 5.82 Å². The SMILES string of the molecule is CC(C)(C)C(=O)Nc1ccn([C@H]2C[C@H](O)[C@@H](COC(=O)C(C)(C)C)O2)c(=O)n1. The smallest absolute Gasteiger partial charge is 0.351 e. The van der Waals surface area contributed by atoms with Crippen LogP contribution in [-0.2, 0) is 19.1 Å². The summed E-state index contributed by atoms with van der Waals surface area (Å²) in [5.41, 5.74) is -1.89. The van der Waals surface area contributed by atoms with E-state index >= 15 is 0 Å². The first kappa shape index (κ1) is 22.0. The Balaban J connectivity index is 2.03. The van der Waals surface area contributed by atoms with E-state index in [9.17, 15) is 19.5 Å². The van der Waals surface area contributed by atoms with Crippen molar-refractivity contribution >= 4 is 17.7 Å². The summed E-state index contributed by atoms with van der Waals surface area (Å²) in [4.78, 5) is 40.1. The zero-order chi connectivity index (χ0) is 21.3. The van der Waals surface area contributed by atoms with E-state index in [-0.39, 0.29) is 24.8 Å². The molecule has 0 saturated carbocycles. The van der Waals surface area contributed by atoms with Crippen molar-refractivity contribution in [2.24, 2.45) is 10.8 Å². The molecule has 1 aromatic rings. The highest BCUT2D eigenvalue weighted by Gasteiger charge is 2.37. The van der Waals surface area contributed by atoms with Gasteiger partial charge < -0.3 is 19.9 Å². The molecule has 1 aliphatic heterocycles. The number of aliphatic hydroxyl groups is 1. The van der Waals surface area contributed by atoms with Crippen molar-refractivity contribution in [2.45, 2.75) is 66.4 Å². The number of anilines is 1. The molecule has 28 heavy (non-hydrogen) atoms. The van der Waals surface area contributed by atoms with Gasteiger partial charge in [0.25, 0.3) is 0 Å². The van der Waals surface area contributed by atoms with Gasteiger partial charge in [0, 0.05) is 18.0 Å². The maximum Gasteiger partial charge on any atom is 0.351 e. The molecular formula is C19H29N3O6. The number of rotatable bonds is 4.